The third-order valence-corrected chi connectivity index (χ3v) is 8.57. The number of carbonyl (C=O) groups excluding carboxylic acids is 2. The maximum atomic E-state index is 14.4. The Morgan fingerprint density at radius 2 is 1.40 bits per heavy atom. The molecule has 0 radical (unpaired) electrons. The molecule has 0 aliphatic carbocycles. The lowest BCUT2D eigenvalue weighted by Crippen LogP contribution is -2.12. The molecule has 5 nitrogen and oxygen atoms in total. The molecule has 0 aliphatic rings. The summed E-state index contributed by atoms with van der Waals surface area (Å²) in [5, 5.41) is 6.85. The van der Waals surface area contributed by atoms with Crippen molar-refractivity contribution in [2.75, 3.05) is 0 Å². The summed E-state index contributed by atoms with van der Waals surface area (Å²) in [5.74, 6) is -0.736. The highest BCUT2D eigenvalue weighted by Gasteiger charge is 2.29. The Bertz CT molecular complexity index is 2240. The molecule has 0 bridgehead atoms. The van der Waals surface area contributed by atoms with Crippen molar-refractivity contribution in [3.05, 3.63) is 129 Å². The van der Waals surface area contributed by atoms with Crippen LogP contribution in [0.1, 0.15) is 62.6 Å². The summed E-state index contributed by atoms with van der Waals surface area (Å²) in [6.45, 7) is 8.69. The second-order valence-corrected chi connectivity index (χ2v) is 12.1. The van der Waals surface area contributed by atoms with Crippen molar-refractivity contribution in [1.82, 2.24) is 4.57 Å². The fourth-order valence-electron chi connectivity index (χ4n) is 6.65. The molecule has 0 N–H and O–H groups in total. The average Bonchev–Trinajstić information content (AvgIpc) is 3.32. The Morgan fingerprint density at radius 1 is 0.745 bits per heavy atom. The lowest BCUT2D eigenvalue weighted by molar-refractivity contribution is -0.141. The van der Waals surface area contributed by atoms with Crippen LogP contribution in [0.25, 0.3) is 32.6 Å². The Labute approximate surface area is 270 Å². The SMILES string of the molecule is CC(=O)O/N=C(/c1ccc2c(c1)c1cc(C(=O)c3c(C)cc(C)cc3C)c3ccccc3c1n2CCC(F)(F)F)c1ccccc1C. The number of aromatic nitrogens is 1. The number of alkyl halides is 3. The molecule has 0 spiro atoms. The van der Waals surface area contributed by atoms with Gasteiger partial charge in [-0.15, -0.1) is 0 Å². The summed E-state index contributed by atoms with van der Waals surface area (Å²) >= 11 is 0. The molecule has 0 aliphatic heterocycles. The minimum Gasteiger partial charge on any atom is -0.340 e. The summed E-state index contributed by atoms with van der Waals surface area (Å²) in [4.78, 5) is 31.3. The Balaban J connectivity index is 1.69. The van der Waals surface area contributed by atoms with Gasteiger partial charge in [-0.3, -0.25) is 4.79 Å². The normalized spacial score (nSPS) is 12.3. The van der Waals surface area contributed by atoms with E-state index in [9.17, 15) is 22.8 Å². The van der Waals surface area contributed by atoms with Crippen LogP contribution in [0.3, 0.4) is 0 Å². The Hall–Kier alpha value is -5.24. The number of hydrogen-bond acceptors (Lipinski definition) is 4. The quantitative estimate of drug-likeness (QED) is 0.0760. The number of rotatable bonds is 7. The minimum atomic E-state index is -4.37. The summed E-state index contributed by atoms with van der Waals surface area (Å²) < 4.78 is 42.7. The van der Waals surface area contributed by atoms with Gasteiger partial charge in [0.25, 0.3) is 0 Å². The van der Waals surface area contributed by atoms with Crippen LogP contribution in [0.5, 0.6) is 0 Å². The highest BCUT2D eigenvalue weighted by molar-refractivity contribution is 6.27. The maximum Gasteiger partial charge on any atom is 0.390 e. The molecule has 5 aromatic carbocycles. The zero-order chi connectivity index (χ0) is 33.6. The molecule has 0 amide bonds. The number of oxime groups is 1. The van der Waals surface area contributed by atoms with E-state index >= 15 is 0 Å². The monoisotopic (exact) mass is 634 g/mol. The Morgan fingerprint density at radius 3 is 2.06 bits per heavy atom. The number of aryl methyl sites for hydroxylation is 5. The number of nitrogens with zero attached hydrogens (tertiary/aromatic N) is 2. The zero-order valence-corrected chi connectivity index (χ0v) is 26.8. The van der Waals surface area contributed by atoms with Crippen LogP contribution >= 0.6 is 0 Å². The smallest absolute Gasteiger partial charge is 0.340 e. The first-order valence-corrected chi connectivity index (χ1v) is 15.3. The van der Waals surface area contributed by atoms with Gasteiger partial charge >= 0.3 is 12.1 Å². The third-order valence-electron chi connectivity index (χ3n) is 8.57. The van der Waals surface area contributed by atoms with Crippen molar-refractivity contribution in [2.24, 2.45) is 5.16 Å². The predicted molar refractivity (Wildman–Crippen MR) is 180 cm³/mol. The van der Waals surface area contributed by atoms with Crippen molar-refractivity contribution in [3.63, 3.8) is 0 Å². The molecular weight excluding hydrogens is 601 g/mol. The van der Waals surface area contributed by atoms with Gasteiger partial charge in [0.2, 0.25) is 0 Å². The van der Waals surface area contributed by atoms with E-state index in [0.29, 0.717) is 55.0 Å². The van der Waals surface area contributed by atoms with E-state index in [-0.39, 0.29) is 12.3 Å². The van der Waals surface area contributed by atoms with Crippen LogP contribution in [0.4, 0.5) is 13.2 Å². The van der Waals surface area contributed by atoms with E-state index in [2.05, 4.69) is 5.16 Å². The molecule has 47 heavy (non-hydrogen) atoms. The van der Waals surface area contributed by atoms with E-state index in [4.69, 9.17) is 4.84 Å². The van der Waals surface area contributed by atoms with E-state index in [1.165, 1.54) is 6.92 Å². The number of hydrogen-bond donors (Lipinski definition) is 0. The van der Waals surface area contributed by atoms with Crippen molar-refractivity contribution in [2.45, 2.75) is 53.8 Å². The Kier molecular flexibility index (Phi) is 8.22. The van der Waals surface area contributed by atoms with Gasteiger partial charge in [-0.2, -0.15) is 13.2 Å². The zero-order valence-electron chi connectivity index (χ0n) is 26.8. The van der Waals surface area contributed by atoms with Gasteiger partial charge in [0, 0.05) is 57.4 Å². The number of ketones is 1. The molecule has 1 heterocycles. The molecule has 0 atom stereocenters. The molecule has 6 aromatic rings. The minimum absolute atomic E-state index is 0.150. The largest absolute Gasteiger partial charge is 0.390 e. The van der Waals surface area contributed by atoms with Crippen LogP contribution in [0, 0.1) is 27.7 Å². The first-order chi connectivity index (χ1) is 22.3. The second kappa shape index (κ2) is 12.2. The van der Waals surface area contributed by atoms with Crippen molar-refractivity contribution in [3.8, 4) is 0 Å². The molecule has 8 heteroatoms. The summed E-state index contributed by atoms with van der Waals surface area (Å²) in [5.41, 5.74) is 7.68. The van der Waals surface area contributed by atoms with Crippen LogP contribution in [0.15, 0.2) is 90.1 Å². The highest BCUT2D eigenvalue weighted by atomic mass is 19.4. The van der Waals surface area contributed by atoms with Gasteiger partial charge in [0.05, 0.1) is 11.9 Å². The number of fused-ring (bicyclic) bond motifs is 5. The van der Waals surface area contributed by atoms with Gasteiger partial charge in [-0.25, -0.2) is 4.79 Å². The topological polar surface area (TPSA) is 60.7 Å². The van der Waals surface area contributed by atoms with Crippen molar-refractivity contribution >= 4 is 50.0 Å². The van der Waals surface area contributed by atoms with Crippen LogP contribution in [0.2, 0.25) is 0 Å². The molecule has 238 valence electrons. The molecular formula is C39H33F3N2O3. The standard InChI is InChI=1S/C39H33F3N2O3/c1-22-18-24(3)35(25(4)19-22)38(46)33-21-32-31-20-27(36(43-47-26(5)45)28-11-7-6-10-23(28)2)14-15-34(31)44(17-16-39(40,41)42)37(32)30-13-9-8-12-29(30)33/h6-15,18-21H,16-17H2,1-5H3/b43-36-. The second-order valence-electron chi connectivity index (χ2n) is 12.1. The van der Waals surface area contributed by atoms with Gasteiger partial charge in [-0.1, -0.05) is 77.4 Å². The van der Waals surface area contributed by atoms with Crippen LogP contribution in [-0.2, 0) is 16.2 Å². The fraction of sp³-hybridized carbons (Fsp3) is 0.205. The third kappa shape index (κ3) is 6.03. The molecule has 0 saturated carbocycles. The molecule has 1 aromatic heterocycles. The number of halogens is 3. The average molecular weight is 635 g/mol. The summed E-state index contributed by atoms with van der Waals surface area (Å²) in [6.07, 6.45) is -5.39. The van der Waals surface area contributed by atoms with E-state index in [0.717, 1.165) is 27.8 Å². The van der Waals surface area contributed by atoms with Crippen LogP contribution < -0.4 is 0 Å². The number of carbonyl (C=O) groups is 2. The van der Waals surface area contributed by atoms with Crippen LogP contribution in [-0.4, -0.2) is 28.2 Å². The van der Waals surface area contributed by atoms with Crippen molar-refractivity contribution < 1.29 is 27.6 Å². The van der Waals surface area contributed by atoms with Gasteiger partial charge in [0.1, 0.15) is 5.71 Å². The van der Waals surface area contributed by atoms with E-state index < -0.39 is 18.6 Å². The predicted octanol–water partition coefficient (Wildman–Crippen LogP) is 9.68. The van der Waals surface area contributed by atoms with Crippen molar-refractivity contribution in [1.29, 1.82) is 0 Å². The summed E-state index contributed by atoms with van der Waals surface area (Å²) in [6, 6.07) is 26.1. The lowest BCUT2D eigenvalue weighted by Gasteiger charge is -2.15. The first-order valence-electron chi connectivity index (χ1n) is 15.3. The molecule has 0 saturated heterocycles. The fourth-order valence-corrected chi connectivity index (χ4v) is 6.65. The lowest BCUT2D eigenvalue weighted by atomic mass is 9.89. The first kappa shape index (κ1) is 31.7. The summed E-state index contributed by atoms with van der Waals surface area (Å²) in [7, 11) is 0. The van der Waals surface area contributed by atoms with E-state index in [1.807, 2.05) is 100 Å². The molecule has 0 fully saturated rings. The van der Waals surface area contributed by atoms with Gasteiger partial charge in [-0.05, 0) is 68.0 Å². The molecule has 0 unspecified atom stereocenters. The van der Waals surface area contributed by atoms with E-state index in [1.54, 1.807) is 16.7 Å². The molecule has 6 rings (SSSR count). The maximum absolute atomic E-state index is 14.4. The van der Waals surface area contributed by atoms with Gasteiger partial charge in [0.15, 0.2) is 5.78 Å². The highest BCUT2D eigenvalue weighted by Crippen LogP contribution is 2.39. The van der Waals surface area contributed by atoms with Gasteiger partial charge < -0.3 is 9.40 Å². The number of benzene rings is 5.